The van der Waals surface area contributed by atoms with Crippen LogP contribution in [0.25, 0.3) is 11.1 Å². The summed E-state index contributed by atoms with van der Waals surface area (Å²) in [6, 6.07) is 15.0. The molecule has 0 saturated carbocycles. The third kappa shape index (κ3) is 5.00. The summed E-state index contributed by atoms with van der Waals surface area (Å²) in [5.74, 6) is -0.183. The van der Waals surface area contributed by atoms with E-state index >= 15 is 0 Å². The highest BCUT2D eigenvalue weighted by Gasteiger charge is 2.33. The SMILES string of the molecule is CC[C@H](CC(=O)N1CCSCC1C(=O)O)NC(=O)OCC1c2ccccc2-c2ccccc21. The second-order valence-electron chi connectivity index (χ2n) is 8.30. The van der Waals surface area contributed by atoms with Crippen LogP contribution in [0.4, 0.5) is 4.79 Å². The molecule has 0 spiro atoms. The van der Waals surface area contributed by atoms with E-state index in [1.165, 1.54) is 16.7 Å². The lowest BCUT2D eigenvalue weighted by Crippen LogP contribution is -2.52. The highest BCUT2D eigenvalue weighted by atomic mass is 32.2. The Bertz CT molecular complexity index is 997. The Morgan fingerprint density at radius 2 is 1.76 bits per heavy atom. The molecule has 2 atom stereocenters. The van der Waals surface area contributed by atoms with Crippen molar-refractivity contribution in [1.29, 1.82) is 0 Å². The van der Waals surface area contributed by atoms with Crippen LogP contribution in [0.1, 0.15) is 36.8 Å². The summed E-state index contributed by atoms with van der Waals surface area (Å²) in [5, 5.41) is 12.2. The number of hydrogen-bond acceptors (Lipinski definition) is 5. The van der Waals surface area contributed by atoms with E-state index in [2.05, 4.69) is 29.6 Å². The van der Waals surface area contributed by atoms with Gasteiger partial charge in [0.1, 0.15) is 12.6 Å². The third-order valence-electron chi connectivity index (χ3n) is 6.31. The molecule has 1 aliphatic carbocycles. The summed E-state index contributed by atoms with van der Waals surface area (Å²) in [6.45, 7) is 2.49. The highest BCUT2D eigenvalue weighted by Crippen LogP contribution is 2.44. The first-order valence-electron chi connectivity index (χ1n) is 11.2. The summed E-state index contributed by atoms with van der Waals surface area (Å²) in [4.78, 5) is 38.2. The van der Waals surface area contributed by atoms with Crippen LogP contribution in [0, 0.1) is 0 Å². The van der Waals surface area contributed by atoms with Gasteiger partial charge in [-0.05, 0) is 28.7 Å². The number of carbonyl (C=O) groups excluding carboxylic acids is 2. The van der Waals surface area contributed by atoms with Crippen LogP contribution in [0.5, 0.6) is 0 Å². The molecule has 0 bridgehead atoms. The molecule has 2 N–H and O–H groups in total. The maximum atomic E-state index is 12.8. The number of hydrogen-bond donors (Lipinski definition) is 2. The van der Waals surface area contributed by atoms with Crippen LogP contribution in [0.2, 0.25) is 0 Å². The van der Waals surface area contributed by atoms with E-state index in [-0.39, 0.29) is 24.9 Å². The van der Waals surface area contributed by atoms with Crippen molar-refractivity contribution in [2.24, 2.45) is 0 Å². The molecular weight excluding hydrogens is 440 g/mol. The number of carbonyl (C=O) groups is 3. The van der Waals surface area contributed by atoms with E-state index in [9.17, 15) is 19.5 Å². The maximum absolute atomic E-state index is 12.8. The van der Waals surface area contributed by atoms with Gasteiger partial charge in [-0.15, -0.1) is 0 Å². The minimum Gasteiger partial charge on any atom is -0.480 e. The Kier molecular flexibility index (Phi) is 7.23. The number of aliphatic carboxylic acids is 1. The van der Waals surface area contributed by atoms with Gasteiger partial charge >= 0.3 is 12.1 Å². The number of nitrogens with zero attached hydrogens (tertiary/aromatic N) is 1. The number of carboxylic acids is 1. The lowest BCUT2D eigenvalue weighted by atomic mass is 9.98. The summed E-state index contributed by atoms with van der Waals surface area (Å²) in [6.07, 6.45) is 0.0197. The minimum absolute atomic E-state index is 0.0352. The predicted molar refractivity (Wildman–Crippen MR) is 127 cm³/mol. The van der Waals surface area contributed by atoms with Gasteiger partial charge in [0.05, 0.1) is 0 Å². The van der Waals surface area contributed by atoms with E-state index in [4.69, 9.17) is 4.74 Å². The van der Waals surface area contributed by atoms with Crippen molar-refractivity contribution in [3.05, 3.63) is 59.7 Å². The molecule has 0 aromatic heterocycles. The molecular formula is C25H28N2O5S. The van der Waals surface area contributed by atoms with Crippen molar-refractivity contribution in [3.8, 4) is 11.1 Å². The van der Waals surface area contributed by atoms with Gasteiger partial charge < -0.3 is 20.1 Å². The largest absolute Gasteiger partial charge is 0.480 e. The molecule has 1 saturated heterocycles. The second-order valence-corrected chi connectivity index (χ2v) is 9.45. The molecule has 2 aromatic carbocycles. The van der Waals surface area contributed by atoms with Gasteiger partial charge in [-0.25, -0.2) is 9.59 Å². The molecule has 1 fully saturated rings. The lowest BCUT2D eigenvalue weighted by molar-refractivity contribution is -0.149. The van der Waals surface area contributed by atoms with Crippen molar-refractivity contribution >= 4 is 29.7 Å². The number of fused-ring (bicyclic) bond motifs is 3. The van der Waals surface area contributed by atoms with Crippen molar-refractivity contribution in [3.63, 3.8) is 0 Å². The van der Waals surface area contributed by atoms with Gasteiger partial charge in [0.2, 0.25) is 5.91 Å². The van der Waals surface area contributed by atoms with Crippen molar-refractivity contribution in [2.75, 3.05) is 24.7 Å². The van der Waals surface area contributed by atoms with Gasteiger partial charge in [0, 0.05) is 36.4 Å². The Balaban J connectivity index is 1.35. The van der Waals surface area contributed by atoms with Crippen LogP contribution < -0.4 is 5.32 Å². The monoisotopic (exact) mass is 468 g/mol. The number of nitrogens with one attached hydrogen (secondary N) is 1. The number of alkyl carbamates (subject to hydrolysis) is 1. The number of benzene rings is 2. The number of carboxylic acid groups (broad SMARTS) is 1. The summed E-state index contributed by atoms with van der Waals surface area (Å²) in [7, 11) is 0. The van der Waals surface area contributed by atoms with Gasteiger partial charge in [-0.1, -0.05) is 55.5 Å². The van der Waals surface area contributed by atoms with Crippen molar-refractivity contribution < 1.29 is 24.2 Å². The summed E-state index contributed by atoms with van der Waals surface area (Å²) >= 11 is 1.53. The van der Waals surface area contributed by atoms with E-state index in [1.807, 2.05) is 31.2 Å². The molecule has 4 rings (SSSR count). The van der Waals surface area contributed by atoms with Crippen LogP contribution in [-0.4, -0.2) is 64.7 Å². The normalized spacial score (nSPS) is 18.2. The van der Waals surface area contributed by atoms with Crippen LogP contribution >= 0.6 is 11.8 Å². The topological polar surface area (TPSA) is 95.9 Å². The van der Waals surface area contributed by atoms with E-state index < -0.39 is 24.1 Å². The molecule has 2 amide bonds. The molecule has 7 nitrogen and oxygen atoms in total. The first-order chi connectivity index (χ1) is 16.0. The Labute approximate surface area is 197 Å². The number of thioether (sulfide) groups is 1. The average molecular weight is 469 g/mol. The van der Waals surface area contributed by atoms with E-state index in [0.717, 1.165) is 22.3 Å². The molecule has 174 valence electrons. The molecule has 2 aromatic rings. The minimum atomic E-state index is -0.993. The average Bonchev–Trinajstić information content (AvgIpc) is 3.16. The fraction of sp³-hybridized carbons (Fsp3) is 0.400. The lowest BCUT2D eigenvalue weighted by Gasteiger charge is -2.33. The van der Waals surface area contributed by atoms with Crippen LogP contribution in [0.3, 0.4) is 0 Å². The zero-order chi connectivity index (χ0) is 23.4. The Hall–Kier alpha value is -3.00. The second kappa shape index (κ2) is 10.3. The smallest absolute Gasteiger partial charge is 0.407 e. The molecule has 1 heterocycles. The Morgan fingerprint density at radius 1 is 1.12 bits per heavy atom. The molecule has 8 heteroatoms. The summed E-state index contributed by atoms with van der Waals surface area (Å²) in [5.41, 5.74) is 4.59. The molecule has 0 radical (unpaired) electrons. The molecule has 2 aliphatic rings. The van der Waals surface area contributed by atoms with Crippen LogP contribution in [0.15, 0.2) is 48.5 Å². The number of ether oxygens (including phenoxy) is 1. The van der Waals surface area contributed by atoms with Gasteiger partial charge in [0.15, 0.2) is 0 Å². The highest BCUT2D eigenvalue weighted by molar-refractivity contribution is 7.99. The first-order valence-corrected chi connectivity index (χ1v) is 12.4. The van der Waals surface area contributed by atoms with E-state index in [1.54, 1.807) is 0 Å². The van der Waals surface area contributed by atoms with Crippen LogP contribution in [-0.2, 0) is 14.3 Å². The third-order valence-corrected chi connectivity index (χ3v) is 7.34. The molecule has 1 aliphatic heterocycles. The van der Waals surface area contributed by atoms with Crippen molar-refractivity contribution in [1.82, 2.24) is 10.2 Å². The Morgan fingerprint density at radius 3 is 2.36 bits per heavy atom. The first kappa shape index (κ1) is 23.2. The zero-order valence-corrected chi connectivity index (χ0v) is 19.3. The molecule has 33 heavy (non-hydrogen) atoms. The number of rotatable bonds is 7. The van der Waals surface area contributed by atoms with Crippen molar-refractivity contribution in [2.45, 2.75) is 37.8 Å². The predicted octanol–water partition coefficient (Wildman–Crippen LogP) is 3.72. The maximum Gasteiger partial charge on any atom is 0.407 e. The standard InChI is InChI=1S/C25H28N2O5S/c1-2-16(13-23(28)27-11-12-33-15-22(27)24(29)30)26-25(31)32-14-21-19-9-5-3-7-17(19)18-8-4-6-10-20(18)21/h3-10,16,21-22H,2,11-15H2,1H3,(H,26,31)(H,29,30)/t16-,22?/m1/s1. The summed E-state index contributed by atoms with van der Waals surface area (Å²) < 4.78 is 5.59. The quantitative estimate of drug-likeness (QED) is 0.643. The van der Waals surface area contributed by atoms with Gasteiger partial charge in [-0.2, -0.15) is 11.8 Å². The van der Waals surface area contributed by atoms with Gasteiger partial charge in [0.25, 0.3) is 0 Å². The zero-order valence-electron chi connectivity index (χ0n) is 18.5. The fourth-order valence-electron chi connectivity index (χ4n) is 4.54. The molecule has 1 unspecified atom stereocenters. The van der Waals surface area contributed by atoms with Gasteiger partial charge in [-0.3, -0.25) is 4.79 Å². The number of amides is 2. The van der Waals surface area contributed by atoms with E-state index in [0.29, 0.717) is 24.5 Å². The fourth-order valence-corrected chi connectivity index (χ4v) is 5.58.